The first-order valence-corrected chi connectivity index (χ1v) is 5.96. The Morgan fingerprint density at radius 2 is 1.95 bits per heavy atom. The summed E-state index contributed by atoms with van der Waals surface area (Å²) in [6, 6.07) is 3.46. The number of aryl methyl sites for hydroxylation is 1. The predicted octanol–water partition coefficient (Wildman–Crippen LogP) is 2.40. The quantitative estimate of drug-likeness (QED) is 0.875. The second kappa shape index (κ2) is 6.60. The lowest BCUT2D eigenvalue weighted by atomic mass is 10.1. The Morgan fingerprint density at radius 1 is 1.30 bits per heavy atom. The van der Waals surface area contributed by atoms with E-state index < -0.39 is 25.2 Å². The molecule has 0 aliphatic carbocycles. The van der Waals surface area contributed by atoms with Gasteiger partial charge < -0.3 is 15.4 Å². The lowest BCUT2D eigenvalue weighted by Gasteiger charge is -2.14. The Balaban J connectivity index is 2.63. The highest BCUT2D eigenvalue weighted by Gasteiger charge is 2.26. The van der Waals surface area contributed by atoms with E-state index in [0.29, 0.717) is 11.4 Å². The zero-order chi connectivity index (χ0) is 15.3. The van der Waals surface area contributed by atoms with Crippen LogP contribution >= 0.6 is 0 Å². The van der Waals surface area contributed by atoms with Crippen molar-refractivity contribution in [1.82, 2.24) is 5.32 Å². The third-order valence-electron chi connectivity index (χ3n) is 2.69. The molecule has 2 N–H and O–H groups in total. The highest BCUT2D eigenvalue weighted by Crippen LogP contribution is 2.28. The maximum atomic E-state index is 11.9. The van der Waals surface area contributed by atoms with Crippen LogP contribution in [0.1, 0.15) is 11.1 Å². The molecule has 0 aliphatic rings. The molecule has 20 heavy (non-hydrogen) atoms. The predicted molar refractivity (Wildman–Crippen MR) is 70.0 cm³/mol. The molecule has 0 aromatic heterocycles. The first kappa shape index (κ1) is 16.3. The largest absolute Gasteiger partial charge is 0.496 e. The molecule has 7 heteroatoms. The fourth-order valence-corrected chi connectivity index (χ4v) is 1.79. The number of halogens is 3. The van der Waals surface area contributed by atoms with Crippen molar-refractivity contribution >= 4 is 11.6 Å². The molecule has 1 aromatic carbocycles. The number of amides is 1. The van der Waals surface area contributed by atoms with E-state index in [-0.39, 0.29) is 0 Å². The van der Waals surface area contributed by atoms with Gasteiger partial charge in [0.25, 0.3) is 0 Å². The van der Waals surface area contributed by atoms with Gasteiger partial charge in [-0.15, -0.1) is 0 Å². The third-order valence-corrected chi connectivity index (χ3v) is 2.69. The molecular formula is C13H17F3N2O2. The highest BCUT2D eigenvalue weighted by molar-refractivity contribution is 5.93. The number of alkyl halides is 3. The second-order valence-electron chi connectivity index (χ2n) is 4.36. The Labute approximate surface area is 115 Å². The maximum absolute atomic E-state index is 11.9. The van der Waals surface area contributed by atoms with Crippen LogP contribution < -0.4 is 15.4 Å². The molecule has 0 atom stereocenters. The minimum atomic E-state index is -4.33. The average Bonchev–Trinajstić information content (AvgIpc) is 2.32. The highest BCUT2D eigenvalue weighted by atomic mass is 19.4. The van der Waals surface area contributed by atoms with Gasteiger partial charge in [0.15, 0.2) is 0 Å². The molecule has 112 valence electrons. The molecule has 0 unspecified atom stereocenters. The van der Waals surface area contributed by atoms with Crippen molar-refractivity contribution in [3.8, 4) is 5.75 Å². The summed E-state index contributed by atoms with van der Waals surface area (Å²) in [4.78, 5) is 11.6. The molecule has 0 spiro atoms. The van der Waals surface area contributed by atoms with Gasteiger partial charge in [-0.05, 0) is 25.5 Å². The van der Waals surface area contributed by atoms with Crippen LogP contribution in [0.5, 0.6) is 5.75 Å². The molecule has 4 nitrogen and oxygen atoms in total. The van der Waals surface area contributed by atoms with Gasteiger partial charge in [-0.25, -0.2) is 0 Å². The van der Waals surface area contributed by atoms with Crippen molar-refractivity contribution in [1.29, 1.82) is 0 Å². The number of rotatable bonds is 5. The fourth-order valence-electron chi connectivity index (χ4n) is 1.79. The number of carbonyl (C=O) groups excluding carboxylic acids is 1. The monoisotopic (exact) mass is 290 g/mol. The molecule has 0 heterocycles. The van der Waals surface area contributed by atoms with E-state index in [0.717, 1.165) is 11.1 Å². The number of ether oxygens (including phenoxy) is 1. The Hall–Kier alpha value is -1.76. The van der Waals surface area contributed by atoms with Crippen LogP contribution in [0.3, 0.4) is 0 Å². The first-order chi connectivity index (χ1) is 9.24. The van der Waals surface area contributed by atoms with Crippen LogP contribution in [0.4, 0.5) is 18.9 Å². The van der Waals surface area contributed by atoms with Crippen molar-refractivity contribution in [3.63, 3.8) is 0 Å². The van der Waals surface area contributed by atoms with Gasteiger partial charge in [-0.3, -0.25) is 4.79 Å². The minimum absolute atomic E-state index is 0.408. The average molecular weight is 290 g/mol. The van der Waals surface area contributed by atoms with Gasteiger partial charge >= 0.3 is 6.18 Å². The zero-order valence-electron chi connectivity index (χ0n) is 11.5. The molecule has 0 fully saturated rings. The Morgan fingerprint density at radius 3 is 2.50 bits per heavy atom. The van der Waals surface area contributed by atoms with Crippen molar-refractivity contribution < 1.29 is 22.7 Å². The van der Waals surface area contributed by atoms with E-state index in [1.165, 1.54) is 7.11 Å². The van der Waals surface area contributed by atoms with Crippen molar-refractivity contribution in [2.45, 2.75) is 20.0 Å². The molecule has 0 bridgehead atoms. The molecule has 0 radical (unpaired) electrons. The van der Waals surface area contributed by atoms with Crippen LogP contribution in [0, 0.1) is 13.8 Å². The summed E-state index contributed by atoms with van der Waals surface area (Å²) < 4.78 is 41.0. The summed E-state index contributed by atoms with van der Waals surface area (Å²) >= 11 is 0. The summed E-state index contributed by atoms with van der Waals surface area (Å²) in [5, 5.41) is 4.59. The van der Waals surface area contributed by atoms with E-state index in [4.69, 9.17) is 4.74 Å². The van der Waals surface area contributed by atoms with E-state index in [1.807, 2.05) is 12.2 Å². The number of methoxy groups -OCH3 is 1. The molecule has 0 saturated carbocycles. The fraction of sp³-hybridized carbons (Fsp3) is 0.462. The summed E-state index contributed by atoms with van der Waals surface area (Å²) in [5.74, 6) is 0.106. The van der Waals surface area contributed by atoms with Crippen LogP contribution in [0.25, 0.3) is 0 Å². The normalized spacial score (nSPS) is 11.3. The summed E-state index contributed by atoms with van der Waals surface area (Å²) in [6.07, 6.45) is -4.33. The maximum Gasteiger partial charge on any atom is 0.401 e. The van der Waals surface area contributed by atoms with Gasteiger partial charge in [-0.1, -0.05) is 6.07 Å². The SMILES string of the molecule is COc1c(C)ccc(NC(=O)CNCC(F)(F)F)c1C. The van der Waals surface area contributed by atoms with Crippen molar-refractivity contribution in [2.75, 3.05) is 25.5 Å². The Bertz CT molecular complexity index is 487. The standard InChI is InChI=1S/C13H17F3N2O2/c1-8-4-5-10(9(2)12(8)20-3)18-11(19)6-17-7-13(14,15)16/h4-5,17H,6-7H2,1-3H3,(H,18,19). The van der Waals surface area contributed by atoms with Gasteiger partial charge in [-0.2, -0.15) is 13.2 Å². The summed E-state index contributed by atoms with van der Waals surface area (Å²) in [5.41, 5.74) is 2.17. The first-order valence-electron chi connectivity index (χ1n) is 5.96. The van der Waals surface area contributed by atoms with E-state index in [2.05, 4.69) is 5.32 Å². The van der Waals surface area contributed by atoms with E-state index >= 15 is 0 Å². The van der Waals surface area contributed by atoms with Crippen LogP contribution in [0.2, 0.25) is 0 Å². The number of benzene rings is 1. The summed E-state index contributed by atoms with van der Waals surface area (Å²) in [6.45, 7) is 2.03. The topological polar surface area (TPSA) is 50.4 Å². The molecule has 0 saturated heterocycles. The van der Waals surface area contributed by atoms with Crippen LogP contribution in [-0.4, -0.2) is 32.3 Å². The lowest BCUT2D eigenvalue weighted by molar-refractivity contribution is -0.126. The number of hydrogen-bond donors (Lipinski definition) is 2. The lowest BCUT2D eigenvalue weighted by Crippen LogP contribution is -2.35. The van der Waals surface area contributed by atoms with Gasteiger partial charge in [0.05, 0.1) is 20.2 Å². The number of anilines is 1. The Kier molecular flexibility index (Phi) is 5.38. The molecule has 0 aliphatic heterocycles. The minimum Gasteiger partial charge on any atom is -0.496 e. The number of carbonyl (C=O) groups is 1. The number of nitrogens with one attached hydrogen (secondary N) is 2. The smallest absolute Gasteiger partial charge is 0.401 e. The molecule has 1 amide bonds. The van der Waals surface area contributed by atoms with Crippen molar-refractivity contribution in [3.05, 3.63) is 23.3 Å². The van der Waals surface area contributed by atoms with Gasteiger partial charge in [0, 0.05) is 11.3 Å². The molecule has 1 aromatic rings. The van der Waals surface area contributed by atoms with Crippen molar-refractivity contribution in [2.24, 2.45) is 0 Å². The van der Waals surface area contributed by atoms with Gasteiger partial charge in [0.2, 0.25) is 5.91 Å². The zero-order valence-corrected chi connectivity index (χ0v) is 11.5. The molecule has 1 rings (SSSR count). The molecular weight excluding hydrogens is 273 g/mol. The number of hydrogen-bond acceptors (Lipinski definition) is 3. The second-order valence-corrected chi connectivity index (χ2v) is 4.36. The van der Waals surface area contributed by atoms with Crippen LogP contribution in [-0.2, 0) is 4.79 Å². The van der Waals surface area contributed by atoms with Gasteiger partial charge in [0.1, 0.15) is 5.75 Å². The van der Waals surface area contributed by atoms with E-state index in [1.54, 1.807) is 19.1 Å². The van der Waals surface area contributed by atoms with Crippen LogP contribution in [0.15, 0.2) is 12.1 Å². The summed E-state index contributed by atoms with van der Waals surface area (Å²) in [7, 11) is 1.52. The van der Waals surface area contributed by atoms with E-state index in [9.17, 15) is 18.0 Å². The third kappa shape index (κ3) is 4.73.